The molecule has 1 heterocycles. The molecule has 0 bridgehead atoms. The van der Waals surface area contributed by atoms with Gasteiger partial charge in [0.25, 0.3) is 0 Å². The molecule has 0 saturated carbocycles. The van der Waals surface area contributed by atoms with Gasteiger partial charge in [-0.15, -0.1) is 0 Å². The SMILES string of the molecule is CCCCCCCCC(NCC)c1cc(C)nnc1C. The average Bonchev–Trinajstić information content (AvgIpc) is 2.44. The van der Waals surface area contributed by atoms with Gasteiger partial charge in [0.05, 0.1) is 11.4 Å². The molecule has 0 aliphatic rings. The third-order valence-electron chi connectivity index (χ3n) is 3.81. The molecular formula is C17H31N3. The highest BCUT2D eigenvalue weighted by Gasteiger charge is 2.14. The molecule has 1 N–H and O–H groups in total. The molecule has 1 rings (SSSR count). The fourth-order valence-corrected chi connectivity index (χ4v) is 2.67. The molecule has 0 aliphatic heterocycles. The molecule has 1 atom stereocenters. The first-order valence-corrected chi connectivity index (χ1v) is 8.23. The summed E-state index contributed by atoms with van der Waals surface area (Å²) in [4.78, 5) is 0. The van der Waals surface area contributed by atoms with Crippen LogP contribution in [0.5, 0.6) is 0 Å². The second-order valence-corrected chi connectivity index (χ2v) is 5.69. The zero-order valence-corrected chi connectivity index (χ0v) is 13.7. The van der Waals surface area contributed by atoms with Crippen molar-refractivity contribution in [3.63, 3.8) is 0 Å². The summed E-state index contributed by atoms with van der Waals surface area (Å²) in [5.74, 6) is 0. The van der Waals surface area contributed by atoms with Crippen molar-refractivity contribution in [1.29, 1.82) is 0 Å². The highest BCUT2D eigenvalue weighted by molar-refractivity contribution is 5.23. The molecule has 3 nitrogen and oxygen atoms in total. The molecule has 20 heavy (non-hydrogen) atoms. The van der Waals surface area contributed by atoms with Crippen LogP contribution in [0.2, 0.25) is 0 Å². The number of aryl methyl sites for hydroxylation is 2. The van der Waals surface area contributed by atoms with E-state index >= 15 is 0 Å². The number of unbranched alkanes of at least 4 members (excludes halogenated alkanes) is 5. The summed E-state index contributed by atoms with van der Waals surface area (Å²) >= 11 is 0. The summed E-state index contributed by atoms with van der Waals surface area (Å²) in [6.07, 6.45) is 9.30. The summed E-state index contributed by atoms with van der Waals surface area (Å²) < 4.78 is 0. The Hall–Kier alpha value is -0.960. The molecule has 0 amide bonds. The van der Waals surface area contributed by atoms with Crippen LogP contribution < -0.4 is 5.32 Å². The number of hydrogen-bond donors (Lipinski definition) is 1. The van der Waals surface area contributed by atoms with E-state index in [2.05, 4.69) is 42.4 Å². The van der Waals surface area contributed by atoms with Gasteiger partial charge in [-0.2, -0.15) is 10.2 Å². The van der Waals surface area contributed by atoms with E-state index in [0.29, 0.717) is 6.04 Å². The minimum atomic E-state index is 0.431. The van der Waals surface area contributed by atoms with Crippen LogP contribution in [-0.2, 0) is 0 Å². The Morgan fingerprint density at radius 2 is 1.70 bits per heavy atom. The molecule has 0 fully saturated rings. The van der Waals surface area contributed by atoms with Crippen molar-refractivity contribution < 1.29 is 0 Å². The van der Waals surface area contributed by atoms with Gasteiger partial charge in [-0.1, -0.05) is 52.4 Å². The van der Waals surface area contributed by atoms with Crippen LogP contribution in [0.4, 0.5) is 0 Å². The predicted molar refractivity (Wildman–Crippen MR) is 85.9 cm³/mol. The second-order valence-electron chi connectivity index (χ2n) is 5.69. The zero-order valence-electron chi connectivity index (χ0n) is 13.7. The van der Waals surface area contributed by atoms with E-state index in [1.54, 1.807) is 0 Å². The van der Waals surface area contributed by atoms with E-state index in [-0.39, 0.29) is 0 Å². The van der Waals surface area contributed by atoms with E-state index in [1.165, 1.54) is 50.5 Å². The molecule has 1 aromatic heterocycles. The molecule has 0 saturated heterocycles. The minimum Gasteiger partial charge on any atom is -0.310 e. The molecule has 1 aromatic rings. The molecule has 0 aliphatic carbocycles. The summed E-state index contributed by atoms with van der Waals surface area (Å²) in [6, 6.07) is 2.62. The summed E-state index contributed by atoms with van der Waals surface area (Å²) in [5.41, 5.74) is 3.40. The summed E-state index contributed by atoms with van der Waals surface area (Å²) in [5, 5.41) is 12.0. The maximum atomic E-state index is 4.26. The normalized spacial score (nSPS) is 12.6. The largest absolute Gasteiger partial charge is 0.310 e. The van der Waals surface area contributed by atoms with Gasteiger partial charge in [0.15, 0.2) is 0 Å². The Morgan fingerprint density at radius 1 is 1.00 bits per heavy atom. The molecule has 0 aromatic carbocycles. The molecule has 114 valence electrons. The molecule has 1 unspecified atom stereocenters. The van der Waals surface area contributed by atoms with E-state index in [9.17, 15) is 0 Å². The topological polar surface area (TPSA) is 37.8 Å². The Bertz CT molecular complexity index is 376. The van der Waals surface area contributed by atoms with E-state index in [1.807, 2.05) is 6.92 Å². The fraction of sp³-hybridized carbons (Fsp3) is 0.765. The Balaban J connectivity index is 2.49. The van der Waals surface area contributed by atoms with Crippen molar-refractivity contribution in [3.05, 3.63) is 23.0 Å². The number of nitrogens with zero attached hydrogens (tertiary/aromatic N) is 2. The van der Waals surface area contributed by atoms with Gasteiger partial charge in [-0.3, -0.25) is 0 Å². The standard InChI is InChI=1S/C17H31N3/c1-5-7-8-9-10-11-12-17(18-6-2)16-13-14(3)19-20-15(16)4/h13,17-18H,5-12H2,1-4H3. The third kappa shape index (κ3) is 6.00. The van der Waals surface area contributed by atoms with Crippen molar-refractivity contribution in [2.75, 3.05) is 6.54 Å². The van der Waals surface area contributed by atoms with E-state index in [0.717, 1.165) is 17.9 Å². The van der Waals surface area contributed by atoms with Gasteiger partial charge in [0.1, 0.15) is 0 Å². The highest BCUT2D eigenvalue weighted by atomic mass is 15.1. The van der Waals surface area contributed by atoms with Crippen LogP contribution in [0.15, 0.2) is 6.07 Å². The van der Waals surface area contributed by atoms with Gasteiger partial charge in [0, 0.05) is 6.04 Å². The number of rotatable bonds is 10. The van der Waals surface area contributed by atoms with Crippen LogP contribution in [0.25, 0.3) is 0 Å². The van der Waals surface area contributed by atoms with Crippen LogP contribution in [0, 0.1) is 13.8 Å². The fourth-order valence-electron chi connectivity index (χ4n) is 2.67. The predicted octanol–water partition coefficient (Wildman–Crippen LogP) is 4.49. The molecule has 3 heteroatoms. The molecule has 0 radical (unpaired) electrons. The third-order valence-corrected chi connectivity index (χ3v) is 3.81. The first-order chi connectivity index (χ1) is 9.69. The van der Waals surface area contributed by atoms with Gasteiger partial charge in [-0.05, 0) is 38.4 Å². The van der Waals surface area contributed by atoms with E-state index in [4.69, 9.17) is 0 Å². The molecule has 0 spiro atoms. The van der Waals surface area contributed by atoms with Crippen LogP contribution in [0.3, 0.4) is 0 Å². The smallest absolute Gasteiger partial charge is 0.0648 e. The maximum Gasteiger partial charge on any atom is 0.0648 e. The zero-order chi connectivity index (χ0) is 14.8. The van der Waals surface area contributed by atoms with Crippen LogP contribution >= 0.6 is 0 Å². The number of nitrogens with one attached hydrogen (secondary N) is 1. The van der Waals surface area contributed by atoms with E-state index < -0.39 is 0 Å². The molecular weight excluding hydrogens is 246 g/mol. The first kappa shape index (κ1) is 17.1. The summed E-state index contributed by atoms with van der Waals surface area (Å²) in [7, 11) is 0. The number of hydrogen-bond acceptors (Lipinski definition) is 3. The van der Waals surface area contributed by atoms with Crippen molar-refractivity contribution in [2.24, 2.45) is 0 Å². The average molecular weight is 277 g/mol. The maximum absolute atomic E-state index is 4.26. The lowest BCUT2D eigenvalue weighted by Crippen LogP contribution is -2.22. The van der Waals surface area contributed by atoms with Crippen molar-refractivity contribution >= 4 is 0 Å². The van der Waals surface area contributed by atoms with Gasteiger partial charge < -0.3 is 5.32 Å². The van der Waals surface area contributed by atoms with Crippen LogP contribution in [0.1, 0.15) is 81.8 Å². The lowest BCUT2D eigenvalue weighted by atomic mass is 9.98. The van der Waals surface area contributed by atoms with Crippen molar-refractivity contribution in [2.45, 2.75) is 78.7 Å². The monoisotopic (exact) mass is 277 g/mol. The second kappa shape index (κ2) is 9.87. The quantitative estimate of drug-likeness (QED) is 0.640. The first-order valence-electron chi connectivity index (χ1n) is 8.23. The number of aromatic nitrogens is 2. The Labute approximate surface area is 124 Å². The Morgan fingerprint density at radius 3 is 2.40 bits per heavy atom. The van der Waals surface area contributed by atoms with Crippen molar-refractivity contribution in [3.8, 4) is 0 Å². The Kier molecular flexibility index (Phi) is 8.43. The minimum absolute atomic E-state index is 0.431. The van der Waals surface area contributed by atoms with Gasteiger partial charge in [-0.25, -0.2) is 0 Å². The highest BCUT2D eigenvalue weighted by Crippen LogP contribution is 2.22. The lowest BCUT2D eigenvalue weighted by molar-refractivity contribution is 0.473. The van der Waals surface area contributed by atoms with Crippen molar-refractivity contribution in [1.82, 2.24) is 15.5 Å². The van der Waals surface area contributed by atoms with Gasteiger partial charge in [0.2, 0.25) is 0 Å². The van der Waals surface area contributed by atoms with Crippen LogP contribution in [-0.4, -0.2) is 16.7 Å². The van der Waals surface area contributed by atoms with Gasteiger partial charge >= 0.3 is 0 Å². The lowest BCUT2D eigenvalue weighted by Gasteiger charge is -2.20. The summed E-state index contributed by atoms with van der Waals surface area (Å²) in [6.45, 7) is 9.52.